The number of nitrogens with zero attached hydrogens (tertiary/aromatic N) is 3. The molecule has 4 nitrogen and oxygen atoms in total. The van der Waals surface area contributed by atoms with Crippen LogP contribution in [-0.4, -0.2) is 19.9 Å². The molecule has 0 amide bonds. The first-order valence-corrected chi connectivity index (χ1v) is 5.04. The van der Waals surface area contributed by atoms with Gasteiger partial charge in [0, 0.05) is 6.42 Å². The number of hydrogen-bond acceptors (Lipinski definition) is 3. The molecule has 0 saturated carbocycles. The van der Waals surface area contributed by atoms with E-state index in [-0.39, 0.29) is 0 Å². The molecule has 0 aliphatic heterocycles. The van der Waals surface area contributed by atoms with E-state index < -0.39 is 0 Å². The first-order valence-electron chi connectivity index (χ1n) is 4.66. The number of aromatic amines is 1. The number of fused-ring (bicyclic) bond motifs is 1. The first-order chi connectivity index (χ1) is 6.81. The molecule has 5 heteroatoms. The minimum atomic E-state index is 0.435. The minimum Gasteiger partial charge on any atom is -0.338 e. The molecule has 0 bridgehead atoms. The van der Waals surface area contributed by atoms with Gasteiger partial charge in [0.15, 0.2) is 10.8 Å². The molecule has 0 aliphatic carbocycles. The van der Waals surface area contributed by atoms with Crippen molar-refractivity contribution in [3.8, 4) is 0 Å². The number of imidazole rings is 1. The third kappa shape index (κ3) is 1.70. The van der Waals surface area contributed by atoms with Crippen molar-refractivity contribution in [2.24, 2.45) is 0 Å². The zero-order chi connectivity index (χ0) is 9.97. The SMILES string of the molecule is CCCCc1nc2ncnc(Cl)c2[nH]1. The molecule has 0 radical (unpaired) electrons. The summed E-state index contributed by atoms with van der Waals surface area (Å²) < 4.78 is 0. The van der Waals surface area contributed by atoms with Gasteiger partial charge in [0.2, 0.25) is 0 Å². The standard InChI is InChI=1S/C9H11ClN4/c1-2-3-4-6-13-7-8(10)11-5-12-9(7)14-6/h5H,2-4H2,1H3,(H,11,12,13,14). The zero-order valence-corrected chi connectivity index (χ0v) is 8.67. The number of rotatable bonds is 3. The Kier molecular flexibility index (Phi) is 2.63. The predicted octanol–water partition coefficient (Wildman–Crippen LogP) is 2.35. The molecule has 14 heavy (non-hydrogen) atoms. The molecular formula is C9H11ClN4. The van der Waals surface area contributed by atoms with Crippen LogP contribution in [0.5, 0.6) is 0 Å². The average Bonchev–Trinajstić information content (AvgIpc) is 2.59. The molecule has 74 valence electrons. The molecule has 0 fully saturated rings. The van der Waals surface area contributed by atoms with Gasteiger partial charge in [0.05, 0.1) is 0 Å². The highest BCUT2D eigenvalue weighted by molar-refractivity contribution is 6.33. The normalized spacial score (nSPS) is 11.0. The Morgan fingerprint density at radius 3 is 3.00 bits per heavy atom. The van der Waals surface area contributed by atoms with Crippen LogP contribution in [-0.2, 0) is 6.42 Å². The summed E-state index contributed by atoms with van der Waals surface area (Å²) in [7, 11) is 0. The maximum absolute atomic E-state index is 5.88. The van der Waals surface area contributed by atoms with Gasteiger partial charge in [0.25, 0.3) is 0 Å². The fourth-order valence-electron chi connectivity index (χ4n) is 1.31. The average molecular weight is 211 g/mol. The molecule has 0 unspecified atom stereocenters. The van der Waals surface area contributed by atoms with Gasteiger partial charge in [-0.25, -0.2) is 15.0 Å². The van der Waals surface area contributed by atoms with Crippen molar-refractivity contribution in [2.45, 2.75) is 26.2 Å². The second kappa shape index (κ2) is 3.92. The van der Waals surface area contributed by atoms with Crippen LogP contribution in [0.4, 0.5) is 0 Å². The molecule has 0 aromatic carbocycles. The Labute approximate surface area is 86.7 Å². The predicted molar refractivity (Wildman–Crippen MR) is 55.3 cm³/mol. The van der Waals surface area contributed by atoms with Gasteiger partial charge in [-0.2, -0.15) is 0 Å². The van der Waals surface area contributed by atoms with Crippen molar-refractivity contribution in [1.82, 2.24) is 19.9 Å². The number of hydrogen-bond donors (Lipinski definition) is 1. The Morgan fingerprint density at radius 1 is 1.43 bits per heavy atom. The number of H-pyrrole nitrogens is 1. The second-order valence-corrected chi connectivity index (χ2v) is 3.51. The zero-order valence-electron chi connectivity index (χ0n) is 7.92. The third-order valence-electron chi connectivity index (χ3n) is 2.06. The lowest BCUT2D eigenvalue weighted by Gasteiger charge is -1.91. The van der Waals surface area contributed by atoms with Gasteiger partial charge in [-0.3, -0.25) is 0 Å². The van der Waals surface area contributed by atoms with Crippen LogP contribution >= 0.6 is 11.6 Å². The maximum Gasteiger partial charge on any atom is 0.182 e. The quantitative estimate of drug-likeness (QED) is 0.792. The molecule has 2 aromatic rings. The summed E-state index contributed by atoms with van der Waals surface area (Å²) in [6.07, 6.45) is 4.62. The molecule has 0 saturated heterocycles. The number of aryl methyl sites for hydroxylation is 1. The third-order valence-corrected chi connectivity index (χ3v) is 2.34. The van der Waals surface area contributed by atoms with Gasteiger partial charge in [-0.05, 0) is 6.42 Å². The highest BCUT2D eigenvalue weighted by atomic mass is 35.5. The topological polar surface area (TPSA) is 54.5 Å². The molecule has 2 heterocycles. The van der Waals surface area contributed by atoms with E-state index in [1.807, 2.05) is 0 Å². The monoisotopic (exact) mass is 210 g/mol. The van der Waals surface area contributed by atoms with Gasteiger partial charge in [-0.15, -0.1) is 0 Å². The lowest BCUT2D eigenvalue weighted by atomic mass is 10.2. The second-order valence-electron chi connectivity index (χ2n) is 3.15. The van der Waals surface area contributed by atoms with Crippen LogP contribution in [0.15, 0.2) is 6.33 Å². The lowest BCUT2D eigenvalue weighted by Crippen LogP contribution is -1.86. The summed E-state index contributed by atoms with van der Waals surface area (Å²) in [6.45, 7) is 2.15. The molecule has 2 aromatic heterocycles. The van der Waals surface area contributed by atoms with Crippen LogP contribution in [0.25, 0.3) is 11.2 Å². The van der Waals surface area contributed by atoms with E-state index in [9.17, 15) is 0 Å². The fourth-order valence-corrected chi connectivity index (χ4v) is 1.49. The van der Waals surface area contributed by atoms with E-state index in [4.69, 9.17) is 11.6 Å². The van der Waals surface area contributed by atoms with Crippen molar-refractivity contribution in [3.05, 3.63) is 17.3 Å². The summed E-state index contributed by atoms with van der Waals surface area (Å²) in [5.41, 5.74) is 1.39. The van der Waals surface area contributed by atoms with Crippen LogP contribution < -0.4 is 0 Å². The summed E-state index contributed by atoms with van der Waals surface area (Å²) in [6, 6.07) is 0. The van der Waals surface area contributed by atoms with Crippen molar-refractivity contribution < 1.29 is 0 Å². The highest BCUT2D eigenvalue weighted by Crippen LogP contribution is 2.16. The summed E-state index contributed by atoms with van der Waals surface area (Å²) in [4.78, 5) is 15.4. The van der Waals surface area contributed by atoms with Crippen LogP contribution in [0, 0.1) is 0 Å². The smallest absolute Gasteiger partial charge is 0.182 e. The van der Waals surface area contributed by atoms with Crippen molar-refractivity contribution in [3.63, 3.8) is 0 Å². The number of unbranched alkanes of at least 4 members (excludes halogenated alkanes) is 1. The summed E-state index contributed by atoms with van der Waals surface area (Å²) in [5.74, 6) is 0.934. The van der Waals surface area contributed by atoms with E-state index in [0.29, 0.717) is 10.8 Å². The first kappa shape index (κ1) is 9.40. The van der Waals surface area contributed by atoms with Gasteiger partial charge >= 0.3 is 0 Å². The summed E-state index contributed by atoms with van der Waals surface area (Å²) >= 11 is 5.88. The molecule has 1 N–H and O–H groups in total. The number of aromatic nitrogens is 4. The lowest BCUT2D eigenvalue weighted by molar-refractivity contribution is 0.764. The van der Waals surface area contributed by atoms with Gasteiger partial charge in [-0.1, -0.05) is 24.9 Å². The molecule has 2 rings (SSSR count). The molecule has 0 aliphatic rings. The van der Waals surface area contributed by atoms with Crippen molar-refractivity contribution in [1.29, 1.82) is 0 Å². The Morgan fingerprint density at radius 2 is 2.29 bits per heavy atom. The highest BCUT2D eigenvalue weighted by Gasteiger charge is 2.06. The Balaban J connectivity index is 2.36. The van der Waals surface area contributed by atoms with Crippen LogP contribution in [0.3, 0.4) is 0 Å². The summed E-state index contributed by atoms with van der Waals surface area (Å²) in [5, 5.41) is 0.435. The Bertz CT molecular complexity index is 437. The largest absolute Gasteiger partial charge is 0.338 e. The van der Waals surface area contributed by atoms with E-state index in [2.05, 4.69) is 26.9 Å². The number of nitrogens with one attached hydrogen (secondary N) is 1. The van der Waals surface area contributed by atoms with Crippen LogP contribution in [0.2, 0.25) is 5.15 Å². The minimum absolute atomic E-state index is 0.435. The van der Waals surface area contributed by atoms with Gasteiger partial charge < -0.3 is 4.98 Å². The van der Waals surface area contributed by atoms with Crippen LogP contribution in [0.1, 0.15) is 25.6 Å². The molecular weight excluding hydrogens is 200 g/mol. The number of halogens is 1. The Hall–Kier alpha value is -1.16. The van der Waals surface area contributed by atoms with Gasteiger partial charge in [0.1, 0.15) is 17.7 Å². The van der Waals surface area contributed by atoms with E-state index >= 15 is 0 Å². The molecule has 0 spiro atoms. The fraction of sp³-hybridized carbons (Fsp3) is 0.444. The van der Waals surface area contributed by atoms with Crippen molar-refractivity contribution >= 4 is 22.8 Å². The van der Waals surface area contributed by atoms with E-state index in [1.54, 1.807) is 0 Å². The van der Waals surface area contributed by atoms with E-state index in [1.165, 1.54) is 6.33 Å². The van der Waals surface area contributed by atoms with E-state index in [0.717, 1.165) is 30.6 Å². The van der Waals surface area contributed by atoms with Crippen molar-refractivity contribution in [2.75, 3.05) is 0 Å². The maximum atomic E-state index is 5.88. The molecule has 0 atom stereocenters.